The molecule has 18 heavy (non-hydrogen) atoms. The Hall–Kier alpha value is -1.77. The third-order valence-corrected chi connectivity index (χ3v) is 2.92. The molecule has 5 heteroatoms. The molecule has 0 saturated carbocycles. The van der Waals surface area contributed by atoms with Crippen LogP contribution in [0, 0.1) is 11.3 Å². The van der Waals surface area contributed by atoms with E-state index >= 15 is 0 Å². The zero-order valence-corrected chi connectivity index (χ0v) is 11.1. The summed E-state index contributed by atoms with van der Waals surface area (Å²) in [6.07, 6.45) is 0. The lowest BCUT2D eigenvalue weighted by Gasteiger charge is -2.07. The van der Waals surface area contributed by atoms with Gasteiger partial charge in [-0.15, -0.1) is 0 Å². The number of nitrogens with one attached hydrogen (secondary N) is 1. The smallest absolute Gasteiger partial charge is 0.129 e. The van der Waals surface area contributed by atoms with Crippen LogP contribution in [-0.4, -0.2) is 5.11 Å². The number of hydrogen-bond donors (Lipinski definition) is 2. The second-order valence-corrected chi connectivity index (χ2v) is 4.60. The summed E-state index contributed by atoms with van der Waals surface area (Å²) < 4.78 is 6.25. The summed E-state index contributed by atoms with van der Waals surface area (Å²) in [5.41, 5.74) is 1.32. The second kappa shape index (κ2) is 5.71. The number of aliphatic hydroxyl groups is 1. The number of benzene rings is 1. The van der Waals surface area contributed by atoms with Gasteiger partial charge in [0.1, 0.15) is 24.2 Å². The predicted molar refractivity (Wildman–Crippen MR) is 70.8 cm³/mol. The molecule has 4 nitrogen and oxygen atoms in total. The van der Waals surface area contributed by atoms with Crippen LogP contribution in [-0.2, 0) is 13.2 Å². The number of furan rings is 1. The summed E-state index contributed by atoms with van der Waals surface area (Å²) in [6.45, 7) is 0.353. The van der Waals surface area contributed by atoms with Gasteiger partial charge >= 0.3 is 0 Å². The van der Waals surface area contributed by atoms with E-state index in [0.29, 0.717) is 23.6 Å². The van der Waals surface area contributed by atoms with Crippen LogP contribution >= 0.6 is 15.9 Å². The molecule has 2 N–H and O–H groups in total. The van der Waals surface area contributed by atoms with Crippen molar-refractivity contribution in [3.63, 3.8) is 0 Å². The summed E-state index contributed by atoms with van der Waals surface area (Å²) in [4.78, 5) is 0. The highest BCUT2D eigenvalue weighted by atomic mass is 79.9. The zero-order valence-electron chi connectivity index (χ0n) is 9.48. The average Bonchev–Trinajstić information content (AvgIpc) is 2.84. The van der Waals surface area contributed by atoms with Crippen molar-refractivity contribution in [2.24, 2.45) is 0 Å². The minimum absolute atomic E-state index is 0.111. The molecule has 0 aliphatic carbocycles. The maximum absolute atomic E-state index is 8.99. The molecule has 2 rings (SSSR count). The van der Waals surface area contributed by atoms with Gasteiger partial charge in [-0.3, -0.25) is 0 Å². The first-order valence-electron chi connectivity index (χ1n) is 5.35. The summed E-state index contributed by atoms with van der Waals surface area (Å²) in [5, 5.41) is 21.0. The Morgan fingerprint density at radius 3 is 2.72 bits per heavy atom. The first kappa shape index (κ1) is 12.7. The maximum atomic E-state index is 8.99. The van der Waals surface area contributed by atoms with Gasteiger partial charge < -0.3 is 14.8 Å². The molecule has 0 atom stereocenters. The molecular weight excluding hydrogens is 296 g/mol. The highest BCUT2D eigenvalue weighted by Gasteiger charge is 2.05. The summed E-state index contributed by atoms with van der Waals surface area (Å²) in [6, 6.07) is 11.0. The molecule has 92 valence electrons. The molecule has 0 spiro atoms. The van der Waals surface area contributed by atoms with Crippen molar-refractivity contribution in [1.82, 2.24) is 0 Å². The van der Waals surface area contributed by atoms with Crippen LogP contribution in [0.3, 0.4) is 0 Å². The van der Waals surface area contributed by atoms with Crippen LogP contribution in [0.5, 0.6) is 0 Å². The monoisotopic (exact) mass is 306 g/mol. The van der Waals surface area contributed by atoms with Gasteiger partial charge in [0.25, 0.3) is 0 Å². The molecule has 0 saturated heterocycles. The molecule has 1 heterocycles. The molecule has 1 aromatic heterocycles. The Kier molecular flexibility index (Phi) is 4.03. The predicted octanol–water partition coefficient (Wildman–Crippen LogP) is 3.02. The van der Waals surface area contributed by atoms with Gasteiger partial charge in [0.05, 0.1) is 17.8 Å². The van der Waals surface area contributed by atoms with Crippen molar-refractivity contribution >= 4 is 21.6 Å². The summed E-state index contributed by atoms with van der Waals surface area (Å²) >= 11 is 3.36. The number of nitriles is 1. The van der Waals surface area contributed by atoms with Crippen LogP contribution in [0.4, 0.5) is 5.69 Å². The number of nitrogens with zero attached hydrogens (tertiary/aromatic N) is 1. The first-order valence-corrected chi connectivity index (χ1v) is 6.14. The molecule has 0 aliphatic heterocycles. The van der Waals surface area contributed by atoms with Gasteiger partial charge in [0.2, 0.25) is 0 Å². The van der Waals surface area contributed by atoms with Crippen molar-refractivity contribution in [2.45, 2.75) is 13.2 Å². The molecule has 0 fully saturated rings. The number of halogens is 1. The standard InChI is InChI=1S/C13H11BrN2O2/c14-10-2-1-9(6-15)13(5-10)16-7-11-3-4-12(8-17)18-11/h1-5,16-17H,7-8H2. The molecule has 0 amide bonds. The van der Waals surface area contributed by atoms with E-state index in [-0.39, 0.29) is 6.61 Å². The van der Waals surface area contributed by atoms with Crippen molar-refractivity contribution in [1.29, 1.82) is 5.26 Å². The van der Waals surface area contributed by atoms with Gasteiger partial charge in [-0.1, -0.05) is 15.9 Å². The SMILES string of the molecule is N#Cc1ccc(Br)cc1NCc1ccc(CO)o1. The third kappa shape index (κ3) is 2.92. The van der Waals surface area contributed by atoms with E-state index in [1.54, 1.807) is 18.2 Å². The van der Waals surface area contributed by atoms with Crippen LogP contribution in [0.2, 0.25) is 0 Å². The normalized spacial score (nSPS) is 10.1. The fourth-order valence-electron chi connectivity index (χ4n) is 1.54. The van der Waals surface area contributed by atoms with Crippen molar-refractivity contribution in [3.05, 3.63) is 51.9 Å². The van der Waals surface area contributed by atoms with E-state index in [9.17, 15) is 0 Å². The zero-order chi connectivity index (χ0) is 13.0. The minimum atomic E-state index is -0.111. The number of hydrogen-bond acceptors (Lipinski definition) is 4. The lowest BCUT2D eigenvalue weighted by Crippen LogP contribution is -2.00. The summed E-state index contributed by atoms with van der Waals surface area (Å²) in [5.74, 6) is 1.24. The molecular formula is C13H11BrN2O2. The van der Waals surface area contributed by atoms with E-state index in [1.165, 1.54) is 0 Å². The number of anilines is 1. The first-order chi connectivity index (χ1) is 8.72. The highest BCUT2D eigenvalue weighted by molar-refractivity contribution is 9.10. The molecule has 0 bridgehead atoms. The Morgan fingerprint density at radius 2 is 2.06 bits per heavy atom. The quantitative estimate of drug-likeness (QED) is 0.911. The Bertz CT molecular complexity index is 587. The molecule has 1 aromatic carbocycles. The lowest BCUT2D eigenvalue weighted by atomic mass is 10.2. The van der Waals surface area contributed by atoms with E-state index in [4.69, 9.17) is 14.8 Å². The van der Waals surface area contributed by atoms with Crippen molar-refractivity contribution in [2.75, 3.05) is 5.32 Å². The lowest BCUT2D eigenvalue weighted by molar-refractivity contribution is 0.244. The maximum Gasteiger partial charge on any atom is 0.129 e. The van der Waals surface area contributed by atoms with Crippen molar-refractivity contribution < 1.29 is 9.52 Å². The topological polar surface area (TPSA) is 69.2 Å². The van der Waals surface area contributed by atoms with Crippen molar-refractivity contribution in [3.8, 4) is 6.07 Å². The van der Waals surface area contributed by atoms with Crippen LogP contribution in [0.1, 0.15) is 17.1 Å². The minimum Gasteiger partial charge on any atom is -0.462 e. The number of rotatable bonds is 4. The van der Waals surface area contributed by atoms with Gasteiger partial charge in [0, 0.05) is 4.47 Å². The van der Waals surface area contributed by atoms with Crippen LogP contribution in [0.15, 0.2) is 39.2 Å². The highest BCUT2D eigenvalue weighted by Crippen LogP contribution is 2.21. The van der Waals surface area contributed by atoms with Gasteiger partial charge in [-0.25, -0.2) is 0 Å². The summed E-state index contributed by atoms with van der Waals surface area (Å²) in [7, 11) is 0. The average molecular weight is 307 g/mol. The van der Waals surface area contributed by atoms with Gasteiger partial charge in [0.15, 0.2) is 0 Å². The van der Waals surface area contributed by atoms with E-state index < -0.39 is 0 Å². The Balaban J connectivity index is 2.10. The fourth-order valence-corrected chi connectivity index (χ4v) is 1.91. The van der Waals surface area contributed by atoms with Crippen LogP contribution in [0.25, 0.3) is 0 Å². The molecule has 0 aliphatic rings. The van der Waals surface area contributed by atoms with E-state index in [1.807, 2.05) is 12.1 Å². The van der Waals surface area contributed by atoms with Crippen LogP contribution < -0.4 is 5.32 Å². The molecule has 0 radical (unpaired) electrons. The second-order valence-electron chi connectivity index (χ2n) is 3.68. The fraction of sp³-hybridized carbons (Fsp3) is 0.154. The van der Waals surface area contributed by atoms with E-state index in [0.717, 1.165) is 10.2 Å². The molecule has 0 unspecified atom stereocenters. The Morgan fingerprint density at radius 1 is 1.28 bits per heavy atom. The third-order valence-electron chi connectivity index (χ3n) is 2.43. The van der Waals surface area contributed by atoms with Gasteiger partial charge in [-0.05, 0) is 30.3 Å². The Labute approximate surface area is 113 Å². The van der Waals surface area contributed by atoms with Gasteiger partial charge in [-0.2, -0.15) is 5.26 Å². The largest absolute Gasteiger partial charge is 0.462 e. The molecule has 2 aromatic rings. The van der Waals surface area contributed by atoms with E-state index in [2.05, 4.69) is 27.3 Å². The number of aliphatic hydroxyl groups excluding tert-OH is 1.